The zero-order valence-corrected chi connectivity index (χ0v) is 40.2. The number of hydrogen-bond acceptors (Lipinski definition) is 17. The lowest BCUT2D eigenvalue weighted by atomic mass is 9.79. The van der Waals surface area contributed by atoms with Crippen molar-refractivity contribution in [2.24, 2.45) is 11.7 Å². The summed E-state index contributed by atoms with van der Waals surface area (Å²) in [6, 6.07) is 16.0. The van der Waals surface area contributed by atoms with E-state index in [1.54, 1.807) is 42.5 Å². The van der Waals surface area contributed by atoms with Gasteiger partial charge in [-0.15, -0.1) is 0 Å². The van der Waals surface area contributed by atoms with Crippen molar-refractivity contribution in [2.75, 3.05) is 58.0 Å². The van der Waals surface area contributed by atoms with Crippen molar-refractivity contribution in [3.63, 3.8) is 0 Å². The predicted octanol–water partition coefficient (Wildman–Crippen LogP) is 0.463. The summed E-state index contributed by atoms with van der Waals surface area (Å²) in [7, 11) is 0. The number of rotatable bonds is 30. The fourth-order valence-corrected chi connectivity index (χ4v) is 7.41. The maximum Gasteiger partial charge on any atom is 0.514 e. The highest BCUT2D eigenvalue weighted by Gasteiger charge is 2.44. The molecule has 7 atom stereocenters. The standard InChI is InChI=1S/C48H64N8O17/c1-30(58)52-42-39(27-33(28-57)43(61)44(42)62)71-25-24-70-23-20-50-40(59)17-21-69-22-18-41(60)54-38(26-31-6-3-2-4-7-31)46(64)55-37(8-5-19-51-47(49)65)45(63)53-34-11-9-32(10-12-34)29-72-48(66)73-36-15-13-35(14-16-36)56(67)68/h2-4,6-7,9-16,33,37-39,42-44,57,61-62H,5,8,17-29H2,1H3,(H,50,59)(H,52,58)(H,53,63)(H,54,60)(H,55,64)(H3,49,51,65). The van der Waals surface area contributed by atoms with Gasteiger partial charge >= 0.3 is 12.2 Å². The van der Waals surface area contributed by atoms with Gasteiger partial charge in [0.15, 0.2) is 0 Å². The Hall–Kier alpha value is -7.29. The van der Waals surface area contributed by atoms with Crippen LogP contribution in [0.2, 0.25) is 0 Å². The van der Waals surface area contributed by atoms with E-state index in [0.29, 0.717) is 11.3 Å². The van der Waals surface area contributed by atoms with Crippen molar-refractivity contribution in [3.8, 4) is 5.75 Å². The number of hydrogen-bond donors (Lipinski definition) is 10. The van der Waals surface area contributed by atoms with Gasteiger partial charge in [0.2, 0.25) is 29.5 Å². The zero-order chi connectivity index (χ0) is 53.1. The van der Waals surface area contributed by atoms with E-state index in [-0.39, 0.29) is 115 Å². The van der Waals surface area contributed by atoms with Gasteiger partial charge in [0.1, 0.15) is 30.5 Å². The van der Waals surface area contributed by atoms with Crippen molar-refractivity contribution < 1.29 is 77.5 Å². The van der Waals surface area contributed by atoms with Crippen LogP contribution >= 0.6 is 0 Å². The second-order valence-corrected chi connectivity index (χ2v) is 16.8. The first-order valence-electron chi connectivity index (χ1n) is 23.5. The molecule has 1 saturated carbocycles. The highest BCUT2D eigenvalue weighted by atomic mass is 16.7. The quantitative estimate of drug-likeness (QED) is 0.0143. The summed E-state index contributed by atoms with van der Waals surface area (Å²) in [5.74, 6) is -3.14. The number of nitrogens with one attached hydrogen (secondary N) is 6. The molecule has 7 amide bonds. The van der Waals surface area contributed by atoms with Crippen molar-refractivity contribution in [1.82, 2.24) is 26.6 Å². The number of urea groups is 1. The molecule has 73 heavy (non-hydrogen) atoms. The Kier molecular flexibility index (Phi) is 24.9. The van der Waals surface area contributed by atoms with E-state index in [1.165, 1.54) is 43.3 Å². The van der Waals surface area contributed by atoms with Gasteiger partial charge in [-0.05, 0) is 54.7 Å². The minimum atomic E-state index is -1.33. The van der Waals surface area contributed by atoms with E-state index in [2.05, 4.69) is 31.9 Å². The molecular formula is C48H64N8O17. The number of non-ortho nitro benzene ring substituents is 1. The molecule has 0 aliphatic heterocycles. The van der Waals surface area contributed by atoms with Crippen LogP contribution in [0.15, 0.2) is 78.9 Å². The Morgan fingerprint density at radius 2 is 1.45 bits per heavy atom. The third-order valence-corrected chi connectivity index (χ3v) is 11.2. The molecule has 3 aromatic carbocycles. The minimum absolute atomic E-state index is 0.00729. The third-order valence-electron chi connectivity index (χ3n) is 11.2. The molecule has 1 fully saturated rings. The lowest BCUT2D eigenvalue weighted by Crippen LogP contribution is -2.61. The number of benzene rings is 3. The summed E-state index contributed by atoms with van der Waals surface area (Å²) in [6.07, 6.45) is -3.87. The highest BCUT2D eigenvalue weighted by Crippen LogP contribution is 2.28. The number of primary amides is 1. The van der Waals surface area contributed by atoms with E-state index in [1.807, 2.05) is 0 Å². The second kappa shape index (κ2) is 31.2. The van der Waals surface area contributed by atoms with Crippen LogP contribution < -0.4 is 42.4 Å². The summed E-state index contributed by atoms with van der Waals surface area (Å²) in [5.41, 5.74) is 6.59. The van der Waals surface area contributed by atoms with E-state index in [9.17, 15) is 59.0 Å². The van der Waals surface area contributed by atoms with Crippen LogP contribution in [0.3, 0.4) is 0 Å². The number of nitro benzene ring substituents is 1. The number of carbonyl (C=O) groups excluding carboxylic acids is 7. The SMILES string of the molecule is CC(=O)NC1C(OCCOCCNC(=O)CCOCCC(=O)NC(Cc2ccccc2)C(=O)NC(CCCNC(N)=O)C(=O)Nc2ccc(COC(=O)Oc3ccc([N+](=O)[O-])cc3)cc2)CC(CO)C(O)C1O. The summed E-state index contributed by atoms with van der Waals surface area (Å²) >= 11 is 0. The van der Waals surface area contributed by atoms with Gasteiger partial charge in [0.25, 0.3) is 5.69 Å². The molecule has 398 valence electrons. The van der Waals surface area contributed by atoms with Gasteiger partial charge in [-0.3, -0.25) is 34.1 Å². The molecule has 0 radical (unpaired) electrons. The number of nitrogens with zero attached hydrogens (tertiary/aromatic N) is 1. The molecule has 25 nitrogen and oxygen atoms in total. The average molecular weight is 1030 g/mol. The van der Waals surface area contributed by atoms with Crippen LogP contribution in [-0.4, -0.2) is 151 Å². The molecular weight excluding hydrogens is 961 g/mol. The summed E-state index contributed by atoms with van der Waals surface area (Å²) in [5, 5.41) is 57.0. The number of nitrogens with two attached hydrogens (primary N) is 1. The van der Waals surface area contributed by atoms with Gasteiger partial charge in [-0.1, -0.05) is 42.5 Å². The van der Waals surface area contributed by atoms with Crippen LogP contribution in [0.1, 0.15) is 50.2 Å². The second-order valence-electron chi connectivity index (χ2n) is 16.8. The largest absolute Gasteiger partial charge is 0.514 e. The van der Waals surface area contributed by atoms with Gasteiger partial charge < -0.3 is 76.6 Å². The topological polar surface area (TPSA) is 368 Å². The van der Waals surface area contributed by atoms with Crippen molar-refractivity contribution in [3.05, 3.63) is 100 Å². The Labute approximate surface area is 420 Å². The number of aliphatic hydroxyl groups excluding tert-OH is 3. The zero-order valence-electron chi connectivity index (χ0n) is 40.2. The fourth-order valence-electron chi connectivity index (χ4n) is 7.41. The summed E-state index contributed by atoms with van der Waals surface area (Å²) < 4.78 is 27.0. The molecule has 0 spiro atoms. The lowest BCUT2D eigenvalue weighted by molar-refractivity contribution is -0.384. The number of anilines is 1. The summed E-state index contributed by atoms with van der Waals surface area (Å²) in [4.78, 5) is 98.4. The van der Waals surface area contributed by atoms with Crippen molar-refractivity contribution in [1.29, 1.82) is 0 Å². The Morgan fingerprint density at radius 1 is 0.767 bits per heavy atom. The van der Waals surface area contributed by atoms with E-state index in [0.717, 1.165) is 5.56 Å². The van der Waals surface area contributed by atoms with Gasteiger partial charge in [-0.25, -0.2) is 9.59 Å². The van der Waals surface area contributed by atoms with Crippen LogP contribution in [0.5, 0.6) is 5.75 Å². The molecule has 0 aromatic heterocycles. The molecule has 0 bridgehead atoms. The van der Waals surface area contributed by atoms with Gasteiger partial charge in [0.05, 0.1) is 56.2 Å². The Morgan fingerprint density at radius 3 is 2.11 bits per heavy atom. The Balaban J connectivity index is 1.21. The molecule has 11 N–H and O–H groups in total. The maximum atomic E-state index is 13.9. The van der Waals surface area contributed by atoms with Crippen LogP contribution in [0, 0.1) is 16.0 Å². The van der Waals surface area contributed by atoms with Gasteiger partial charge in [0, 0.05) is 69.6 Å². The minimum Gasteiger partial charge on any atom is -0.429 e. The first kappa shape index (κ1) is 58.3. The molecule has 0 heterocycles. The molecule has 1 aliphatic carbocycles. The fraction of sp³-hybridized carbons (Fsp3) is 0.479. The monoisotopic (exact) mass is 1020 g/mol. The smallest absolute Gasteiger partial charge is 0.429 e. The predicted molar refractivity (Wildman–Crippen MR) is 258 cm³/mol. The normalized spacial score (nSPS) is 17.9. The van der Waals surface area contributed by atoms with E-state index < -0.39 is 83.1 Å². The van der Waals surface area contributed by atoms with Crippen molar-refractivity contribution >= 4 is 53.1 Å². The molecule has 7 unspecified atom stereocenters. The number of carbonyl (C=O) groups is 7. The number of ether oxygens (including phenoxy) is 5. The molecule has 0 saturated heterocycles. The first-order valence-corrected chi connectivity index (χ1v) is 23.5. The van der Waals surface area contributed by atoms with E-state index >= 15 is 0 Å². The maximum absolute atomic E-state index is 13.9. The lowest BCUT2D eigenvalue weighted by Gasteiger charge is -2.42. The van der Waals surface area contributed by atoms with Gasteiger partial charge in [-0.2, -0.15) is 0 Å². The van der Waals surface area contributed by atoms with E-state index in [4.69, 9.17) is 29.4 Å². The molecule has 1 aliphatic rings. The highest BCUT2D eigenvalue weighted by molar-refractivity contribution is 5.98. The average Bonchev–Trinajstić information content (AvgIpc) is 3.36. The number of nitro groups is 1. The molecule has 4 rings (SSSR count). The van der Waals surface area contributed by atoms with Crippen LogP contribution in [0.25, 0.3) is 0 Å². The van der Waals surface area contributed by atoms with Crippen molar-refractivity contribution in [2.45, 2.75) is 88.5 Å². The molecule has 3 aromatic rings. The van der Waals surface area contributed by atoms with Crippen LogP contribution in [0.4, 0.5) is 21.0 Å². The molecule has 25 heteroatoms. The third kappa shape index (κ3) is 21.5. The van der Waals surface area contributed by atoms with Crippen LogP contribution in [-0.2, 0) is 55.9 Å². The summed E-state index contributed by atoms with van der Waals surface area (Å²) in [6.45, 7) is 1.27. The Bertz CT molecular complexity index is 2260. The number of amides is 7. The first-order chi connectivity index (χ1) is 35.0. The number of aliphatic hydroxyl groups is 3.